The third-order valence-corrected chi connectivity index (χ3v) is 5.71. The fourth-order valence-electron chi connectivity index (χ4n) is 4.35. The summed E-state index contributed by atoms with van der Waals surface area (Å²) in [6.07, 6.45) is 2.23. The minimum atomic E-state index is -0.458. The number of piperidine rings is 1. The number of aromatic nitrogens is 2. The lowest BCUT2D eigenvalue weighted by atomic mass is 10.0. The van der Waals surface area contributed by atoms with E-state index >= 15 is 0 Å². The van der Waals surface area contributed by atoms with Crippen LogP contribution < -0.4 is 16.1 Å². The Labute approximate surface area is 162 Å². The number of rotatable bonds is 4. The van der Waals surface area contributed by atoms with E-state index in [1.807, 2.05) is 12.1 Å². The summed E-state index contributed by atoms with van der Waals surface area (Å²) in [5, 5.41) is 0. The monoisotopic (exact) mass is 387 g/mol. The van der Waals surface area contributed by atoms with Gasteiger partial charge in [0, 0.05) is 57.1 Å². The molecule has 0 bridgehead atoms. The first kappa shape index (κ1) is 18.9. The molecular weight excluding hydrogens is 361 g/mol. The molecule has 2 N–H and O–H groups in total. The number of halogens is 1. The van der Waals surface area contributed by atoms with Gasteiger partial charge in [-0.05, 0) is 31.5 Å². The molecule has 1 atom stereocenters. The molecule has 0 radical (unpaired) electrons. The van der Waals surface area contributed by atoms with Crippen molar-refractivity contribution in [3.8, 4) is 0 Å². The van der Waals surface area contributed by atoms with Crippen LogP contribution in [0, 0.1) is 5.82 Å². The van der Waals surface area contributed by atoms with Crippen LogP contribution in [0.3, 0.4) is 0 Å². The molecule has 1 aromatic heterocycles. The van der Waals surface area contributed by atoms with Gasteiger partial charge in [-0.15, -0.1) is 0 Å². The zero-order valence-corrected chi connectivity index (χ0v) is 15.9. The van der Waals surface area contributed by atoms with E-state index in [2.05, 4.69) is 24.7 Å². The van der Waals surface area contributed by atoms with E-state index in [1.54, 1.807) is 6.07 Å². The molecule has 0 saturated carbocycles. The summed E-state index contributed by atoms with van der Waals surface area (Å²) in [4.78, 5) is 34.8. The molecule has 0 spiro atoms. The molecule has 2 aliphatic rings. The molecule has 2 fully saturated rings. The predicted octanol–water partition coefficient (Wildman–Crippen LogP) is 0.989. The van der Waals surface area contributed by atoms with Gasteiger partial charge < -0.3 is 9.88 Å². The summed E-state index contributed by atoms with van der Waals surface area (Å²) in [5.74, 6) is -0.161. The van der Waals surface area contributed by atoms with Crippen LogP contribution in [0.4, 0.5) is 10.1 Å². The van der Waals surface area contributed by atoms with E-state index in [9.17, 15) is 14.0 Å². The van der Waals surface area contributed by atoms with Crippen LogP contribution in [0.25, 0.3) is 0 Å². The molecule has 1 aromatic carbocycles. The summed E-state index contributed by atoms with van der Waals surface area (Å²) >= 11 is 0. The highest BCUT2D eigenvalue weighted by atomic mass is 19.1. The molecule has 4 rings (SSSR count). The largest absolute Gasteiger partial charge is 0.367 e. The lowest BCUT2D eigenvalue weighted by molar-refractivity contribution is 0.0879. The van der Waals surface area contributed by atoms with Crippen molar-refractivity contribution >= 4 is 5.69 Å². The molecule has 0 unspecified atom stereocenters. The molecule has 28 heavy (non-hydrogen) atoms. The van der Waals surface area contributed by atoms with Gasteiger partial charge in [-0.1, -0.05) is 12.1 Å². The zero-order chi connectivity index (χ0) is 19.5. The number of hydrogen-bond donors (Lipinski definition) is 2. The number of para-hydroxylation sites is 1. The number of hydrogen-bond acceptors (Lipinski definition) is 5. The summed E-state index contributed by atoms with van der Waals surface area (Å²) in [6.45, 7) is 5.90. The van der Waals surface area contributed by atoms with Crippen molar-refractivity contribution in [2.24, 2.45) is 0 Å². The highest BCUT2D eigenvalue weighted by molar-refractivity contribution is 5.48. The standard InChI is InChI=1S/C20H26FN5O2/c21-17-5-1-2-6-18(17)26-10-8-25(9-11-26)16-4-3-7-24(14-16)13-15-12-19(27)23-20(28)22-15/h1-2,5-6,12,16H,3-4,7-11,13-14H2,(H2,22,23,27,28)/t16-/m0/s1. The number of likely N-dealkylation sites (tertiary alicyclic amines) is 1. The van der Waals surface area contributed by atoms with E-state index in [-0.39, 0.29) is 11.4 Å². The quantitative estimate of drug-likeness (QED) is 0.818. The van der Waals surface area contributed by atoms with Crippen molar-refractivity contribution in [3.05, 3.63) is 62.7 Å². The van der Waals surface area contributed by atoms with Crippen molar-refractivity contribution in [1.29, 1.82) is 0 Å². The van der Waals surface area contributed by atoms with Gasteiger partial charge in [-0.2, -0.15) is 0 Å². The van der Waals surface area contributed by atoms with Crippen LogP contribution in [-0.4, -0.2) is 65.1 Å². The maximum atomic E-state index is 14.0. The fourth-order valence-corrected chi connectivity index (χ4v) is 4.35. The number of aromatic amines is 2. The van der Waals surface area contributed by atoms with Crippen LogP contribution in [-0.2, 0) is 6.54 Å². The molecular formula is C20H26FN5O2. The number of benzene rings is 1. The summed E-state index contributed by atoms with van der Waals surface area (Å²) in [7, 11) is 0. The van der Waals surface area contributed by atoms with Gasteiger partial charge in [-0.25, -0.2) is 9.18 Å². The average Bonchev–Trinajstić information content (AvgIpc) is 2.68. The van der Waals surface area contributed by atoms with Gasteiger partial charge in [0.1, 0.15) is 5.82 Å². The van der Waals surface area contributed by atoms with Crippen molar-refractivity contribution < 1.29 is 4.39 Å². The Morgan fingerprint density at radius 2 is 1.82 bits per heavy atom. The van der Waals surface area contributed by atoms with Gasteiger partial charge in [0.05, 0.1) is 5.69 Å². The van der Waals surface area contributed by atoms with E-state index < -0.39 is 5.69 Å². The number of nitrogens with one attached hydrogen (secondary N) is 2. The number of nitrogens with zero attached hydrogens (tertiary/aromatic N) is 3. The van der Waals surface area contributed by atoms with Crippen LogP contribution in [0.2, 0.25) is 0 Å². The normalized spacial score (nSPS) is 21.8. The Morgan fingerprint density at radius 1 is 1.04 bits per heavy atom. The molecule has 0 aliphatic carbocycles. The predicted molar refractivity (Wildman–Crippen MR) is 106 cm³/mol. The third kappa shape index (κ3) is 4.34. The van der Waals surface area contributed by atoms with Crippen LogP contribution in [0.5, 0.6) is 0 Å². The van der Waals surface area contributed by atoms with Gasteiger partial charge in [0.2, 0.25) is 0 Å². The Balaban J connectivity index is 1.34. The van der Waals surface area contributed by atoms with Gasteiger partial charge in [0.25, 0.3) is 5.56 Å². The number of anilines is 1. The average molecular weight is 387 g/mol. The molecule has 2 aliphatic heterocycles. The lowest BCUT2D eigenvalue weighted by Gasteiger charge is -2.44. The highest BCUT2D eigenvalue weighted by Gasteiger charge is 2.28. The molecule has 7 nitrogen and oxygen atoms in total. The van der Waals surface area contributed by atoms with Gasteiger partial charge in [0.15, 0.2) is 0 Å². The van der Waals surface area contributed by atoms with Gasteiger partial charge in [-0.3, -0.25) is 19.6 Å². The Hall–Kier alpha value is -2.45. The highest BCUT2D eigenvalue weighted by Crippen LogP contribution is 2.23. The Kier molecular flexibility index (Phi) is 5.59. The number of piperazine rings is 1. The van der Waals surface area contributed by atoms with Crippen LogP contribution >= 0.6 is 0 Å². The summed E-state index contributed by atoms with van der Waals surface area (Å²) < 4.78 is 14.0. The minimum Gasteiger partial charge on any atom is -0.367 e. The van der Waals surface area contributed by atoms with Crippen molar-refractivity contribution in [3.63, 3.8) is 0 Å². The van der Waals surface area contributed by atoms with E-state index in [0.29, 0.717) is 24.0 Å². The fraction of sp³-hybridized carbons (Fsp3) is 0.500. The first-order valence-corrected chi connectivity index (χ1v) is 9.87. The Morgan fingerprint density at radius 3 is 2.57 bits per heavy atom. The maximum absolute atomic E-state index is 14.0. The maximum Gasteiger partial charge on any atom is 0.325 e. The molecule has 2 saturated heterocycles. The van der Waals surface area contributed by atoms with E-state index in [0.717, 1.165) is 52.1 Å². The Bertz CT molecular complexity index is 891. The topological polar surface area (TPSA) is 75.4 Å². The smallest absolute Gasteiger partial charge is 0.325 e. The third-order valence-electron chi connectivity index (χ3n) is 5.71. The van der Waals surface area contributed by atoms with Crippen molar-refractivity contribution in [2.45, 2.75) is 25.4 Å². The SMILES string of the molecule is O=c1cc(CN2CCC[C@H](N3CCN(c4ccccc4F)CC3)C2)[nH]c(=O)[nH]1. The molecule has 3 heterocycles. The summed E-state index contributed by atoms with van der Waals surface area (Å²) in [5.41, 5.74) is 0.515. The van der Waals surface area contributed by atoms with Crippen LogP contribution in [0.1, 0.15) is 18.5 Å². The van der Waals surface area contributed by atoms with Crippen LogP contribution in [0.15, 0.2) is 39.9 Å². The molecule has 150 valence electrons. The lowest BCUT2D eigenvalue weighted by Crippen LogP contribution is -2.55. The van der Waals surface area contributed by atoms with E-state index in [4.69, 9.17) is 0 Å². The van der Waals surface area contributed by atoms with Crippen molar-refractivity contribution in [2.75, 3.05) is 44.2 Å². The number of H-pyrrole nitrogens is 2. The van der Waals surface area contributed by atoms with E-state index in [1.165, 1.54) is 12.1 Å². The molecule has 0 amide bonds. The minimum absolute atomic E-state index is 0.161. The molecule has 8 heteroatoms. The zero-order valence-electron chi connectivity index (χ0n) is 15.9. The second-order valence-electron chi connectivity index (χ2n) is 7.62. The second kappa shape index (κ2) is 8.28. The van der Waals surface area contributed by atoms with Gasteiger partial charge >= 0.3 is 5.69 Å². The second-order valence-corrected chi connectivity index (χ2v) is 7.62. The summed E-state index contributed by atoms with van der Waals surface area (Å²) in [6, 6.07) is 8.86. The molecule has 2 aromatic rings. The van der Waals surface area contributed by atoms with Crippen molar-refractivity contribution in [1.82, 2.24) is 19.8 Å². The first-order valence-electron chi connectivity index (χ1n) is 9.87. The first-order chi connectivity index (χ1) is 13.6.